The lowest BCUT2D eigenvalue weighted by atomic mass is 10.0. The summed E-state index contributed by atoms with van der Waals surface area (Å²) >= 11 is 0. The largest absolute Gasteiger partial charge is 0.347 e. The van der Waals surface area contributed by atoms with Crippen LogP contribution in [0.5, 0.6) is 0 Å². The van der Waals surface area contributed by atoms with E-state index < -0.39 is 0 Å². The van der Waals surface area contributed by atoms with Crippen molar-refractivity contribution in [3.63, 3.8) is 0 Å². The lowest BCUT2D eigenvalue weighted by Gasteiger charge is -2.44. The molecule has 0 spiro atoms. The number of carbonyl (C=O) groups excluding carboxylic acids is 2. The van der Waals surface area contributed by atoms with Gasteiger partial charge < -0.3 is 10.2 Å². The van der Waals surface area contributed by atoms with Crippen LogP contribution in [0.3, 0.4) is 0 Å². The monoisotopic (exact) mass is 287 g/mol. The minimum Gasteiger partial charge on any atom is -0.347 e. The highest BCUT2D eigenvalue weighted by atomic mass is 16.2. The van der Waals surface area contributed by atoms with Crippen molar-refractivity contribution in [3.05, 3.63) is 35.9 Å². The van der Waals surface area contributed by atoms with Crippen molar-refractivity contribution in [1.29, 1.82) is 0 Å². The third-order valence-electron chi connectivity index (χ3n) is 4.25. The summed E-state index contributed by atoms with van der Waals surface area (Å²) in [5.41, 5.74) is 1.27. The number of carbonyl (C=O) groups is 2. The van der Waals surface area contributed by atoms with Gasteiger partial charge in [0, 0.05) is 32.1 Å². The molecular weight excluding hydrogens is 266 g/mol. The Bertz CT molecular complexity index is 532. The maximum atomic E-state index is 12.2. The second-order valence-electron chi connectivity index (χ2n) is 5.96. The van der Waals surface area contributed by atoms with Gasteiger partial charge in [-0.05, 0) is 12.5 Å². The van der Waals surface area contributed by atoms with Crippen molar-refractivity contribution in [2.24, 2.45) is 0 Å². The highest BCUT2D eigenvalue weighted by Gasteiger charge is 2.38. The third kappa shape index (κ3) is 3.08. The normalized spacial score (nSPS) is 27.0. The Labute approximate surface area is 124 Å². The molecule has 1 aromatic rings. The molecule has 21 heavy (non-hydrogen) atoms. The number of amides is 2. The van der Waals surface area contributed by atoms with Crippen LogP contribution < -0.4 is 5.32 Å². The maximum absolute atomic E-state index is 12.2. The number of nitrogens with one attached hydrogen (secondary N) is 1. The van der Waals surface area contributed by atoms with Gasteiger partial charge in [0.15, 0.2) is 0 Å². The maximum Gasteiger partial charge on any atom is 0.242 e. The zero-order valence-corrected chi connectivity index (χ0v) is 12.3. The topological polar surface area (TPSA) is 52.7 Å². The first-order valence-corrected chi connectivity index (χ1v) is 7.47. The number of hydrogen-bond acceptors (Lipinski definition) is 3. The minimum absolute atomic E-state index is 0.00698. The van der Waals surface area contributed by atoms with Gasteiger partial charge in [-0.1, -0.05) is 30.3 Å². The van der Waals surface area contributed by atoms with Crippen molar-refractivity contribution in [1.82, 2.24) is 15.1 Å². The van der Waals surface area contributed by atoms with Crippen molar-refractivity contribution in [2.45, 2.75) is 32.0 Å². The molecule has 112 valence electrons. The van der Waals surface area contributed by atoms with Gasteiger partial charge in [-0.3, -0.25) is 14.5 Å². The van der Waals surface area contributed by atoms with E-state index in [4.69, 9.17) is 0 Å². The van der Waals surface area contributed by atoms with Crippen LogP contribution in [0.15, 0.2) is 30.3 Å². The Morgan fingerprint density at radius 1 is 1.19 bits per heavy atom. The van der Waals surface area contributed by atoms with Crippen molar-refractivity contribution < 1.29 is 9.59 Å². The fourth-order valence-corrected chi connectivity index (χ4v) is 3.42. The van der Waals surface area contributed by atoms with Crippen LogP contribution in [0.2, 0.25) is 0 Å². The number of rotatable bonds is 2. The molecule has 0 aliphatic carbocycles. The highest BCUT2D eigenvalue weighted by Crippen LogP contribution is 2.21. The molecule has 1 aromatic carbocycles. The summed E-state index contributed by atoms with van der Waals surface area (Å²) < 4.78 is 0. The molecule has 2 aliphatic rings. The fraction of sp³-hybridized carbons (Fsp3) is 0.500. The van der Waals surface area contributed by atoms with E-state index in [0.717, 1.165) is 19.6 Å². The number of piperazine rings is 1. The Hall–Kier alpha value is -1.88. The average Bonchev–Trinajstić information content (AvgIpc) is 2.59. The van der Waals surface area contributed by atoms with Crippen LogP contribution in [0.4, 0.5) is 0 Å². The van der Waals surface area contributed by atoms with Gasteiger partial charge >= 0.3 is 0 Å². The first-order chi connectivity index (χ1) is 10.1. The highest BCUT2D eigenvalue weighted by molar-refractivity contribution is 5.88. The van der Waals surface area contributed by atoms with E-state index in [1.807, 2.05) is 23.1 Å². The van der Waals surface area contributed by atoms with E-state index in [2.05, 4.69) is 29.3 Å². The van der Waals surface area contributed by atoms with E-state index in [9.17, 15) is 9.59 Å². The molecule has 2 heterocycles. The summed E-state index contributed by atoms with van der Waals surface area (Å²) in [7, 11) is 0. The predicted molar refractivity (Wildman–Crippen MR) is 79.4 cm³/mol. The number of fused-ring (bicyclic) bond motifs is 1. The lowest BCUT2D eigenvalue weighted by Crippen LogP contribution is -2.59. The molecule has 0 bridgehead atoms. The van der Waals surface area contributed by atoms with Gasteiger partial charge in [-0.25, -0.2) is 0 Å². The lowest BCUT2D eigenvalue weighted by molar-refractivity contribution is -0.137. The summed E-state index contributed by atoms with van der Waals surface area (Å²) in [4.78, 5) is 28.2. The first kappa shape index (κ1) is 14.1. The van der Waals surface area contributed by atoms with Gasteiger partial charge in [0.1, 0.15) is 0 Å². The van der Waals surface area contributed by atoms with Crippen LogP contribution >= 0.6 is 0 Å². The van der Waals surface area contributed by atoms with Gasteiger partial charge in [-0.15, -0.1) is 0 Å². The Morgan fingerprint density at radius 3 is 2.71 bits per heavy atom. The van der Waals surface area contributed by atoms with Crippen molar-refractivity contribution in [2.75, 3.05) is 19.6 Å². The van der Waals surface area contributed by atoms with Crippen molar-refractivity contribution >= 4 is 11.8 Å². The zero-order chi connectivity index (χ0) is 14.8. The second-order valence-corrected chi connectivity index (χ2v) is 5.96. The molecule has 2 fully saturated rings. The number of hydrogen-bond donors (Lipinski definition) is 1. The molecule has 0 radical (unpaired) electrons. The summed E-state index contributed by atoms with van der Waals surface area (Å²) in [5, 5.41) is 2.69. The van der Waals surface area contributed by atoms with Gasteiger partial charge in [0.25, 0.3) is 0 Å². The first-order valence-electron chi connectivity index (χ1n) is 7.47. The summed E-state index contributed by atoms with van der Waals surface area (Å²) in [6.07, 6.45) is 0.404. The molecule has 2 atom stereocenters. The molecule has 1 N–H and O–H groups in total. The molecule has 2 aliphatic heterocycles. The molecule has 5 heteroatoms. The summed E-state index contributed by atoms with van der Waals surface area (Å²) in [6, 6.07) is 10.5. The van der Waals surface area contributed by atoms with E-state index in [1.165, 1.54) is 5.56 Å². The van der Waals surface area contributed by atoms with Crippen molar-refractivity contribution in [3.8, 4) is 0 Å². The SMILES string of the molecule is C[C@@H]1CN(Cc2ccccc2)C[C@@H]2CC(=O)NCC(=O)N21. The van der Waals surface area contributed by atoms with Gasteiger partial charge in [0.05, 0.1) is 12.6 Å². The fourth-order valence-electron chi connectivity index (χ4n) is 3.42. The van der Waals surface area contributed by atoms with Crippen LogP contribution in [-0.4, -0.2) is 53.3 Å². The standard InChI is InChI=1S/C16H21N3O2/c1-12-9-18(10-13-5-3-2-4-6-13)11-14-7-15(20)17-8-16(21)19(12)14/h2-6,12,14H,7-11H2,1H3,(H,17,20)/t12-,14+/m1/s1. The summed E-state index contributed by atoms with van der Waals surface area (Å²) in [5.74, 6) is 0.0160. The number of nitrogens with zero attached hydrogens (tertiary/aromatic N) is 2. The smallest absolute Gasteiger partial charge is 0.242 e. The predicted octanol–water partition coefficient (Wildman–Crippen LogP) is 0.608. The molecule has 2 amide bonds. The second kappa shape index (κ2) is 5.85. The van der Waals surface area contributed by atoms with E-state index in [-0.39, 0.29) is 30.4 Å². The van der Waals surface area contributed by atoms with Gasteiger partial charge in [0.2, 0.25) is 11.8 Å². The quantitative estimate of drug-likeness (QED) is 0.867. The third-order valence-corrected chi connectivity index (χ3v) is 4.25. The van der Waals surface area contributed by atoms with E-state index >= 15 is 0 Å². The van der Waals surface area contributed by atoms with Crippen LogP contribution in [0, 0.1) is 0 Å². The van der Waals surface area contributed by atoms with Crippen LogP contribution in [-0.2, 0) is 16.1 Å². The van der Waals surface area contributed by atoms with Gasteiger partial charge in [-0.2, -0.15) is 0 Å². The average molecular weight is 287 g/mol. The molecule has 0 aromatic heterocycles. The molecule has 5 nitrogen and oxygen atoms in total. The Morgan fingerprint density at radius 2 is 1.95 bits per heavy atom. The number of benzene rings is 1. The minimum atomic E-state index is -0.0235. The van der Waals surface area contributed by atoms with Crippen LogP contribution in [0.25, 0.3) is 0 Å². The Kier molecular flexibility index (Phi) is 3.92. The Balaban J connectivity index is 1.73. The molecule has 3 rings (SSSR count). The molecular formula is C16H21N3O2. The molecule has 0 unspecified atom stereocenters. The van der Waals surface area contributed by atoms with Crippen LogP contribution in [0.1, 0.15) is 18.9 Å². The van der Waals surface area contributed by atoms with E-state index in [0.29, 0.717) is 6.42 Å². The van der Waals surface area contributed by atoms with E-state index in [1.54, 1.807) is 0 Å². The molecule has 2 saturated heterocycles. The zero-order valence-electron chi connectivity index (χ0n) is 12.3. The summed E-state index contributed by atoms with van der Waals surface area (Å²) in [6.45, 7) is 4.69. The molecule has 0 saturated carbocycles.